The van der Waals surface area contributed by atoms with Gasteiger partial charge in [0, 0.05) is 18.8 Å². The summed E-state index contributed by atoms with van der Waals surface area (Å²) in [4.78, 5) is 0.292. The van der Waals surface area contributed by atoms with Gasteiger partial charge in [-0.3, -0.25) is 5.84 Å². The van der Waals surface area contributed by atoms with E-state index in [1.54, 1.807) is 26.0 Å². The first-order valence-electron chi connectivity index (χ1n) is 6.51. The number of rotatable bonds is 7. The van der Waals surface area contributed by atoms with Crippen molar-refractivity contribution in [2.75, 3.05) is 18.6 Å². The molecule has 4 N–H and O–H groups in total. The number of nitrogens with two attached hydrogens (primary N) is 1. The van der Waals surface area contributed by atoms with E-state index in [9.17, 15) is 8.42 Å². The standard InChI is InChI=1S/C13H23N3O3S/c1-5-19-11(4)8-15-20(17,18)13-9(2)6-12(16-14)7-10(13)3/h6-7,11,15-16H,5,8,14H2,1-4H3. The summed E-state index contributed by atoms with van der Waals surface area (Å²) in [7, 11) is -3.56. The monoisotopic (exact) mass is 301 g/mol. The number of ether oxygens (including phenoxy) is 1. The van der Waals surface area contributed by atoms with Crippen LogP contribution in [0.2, 0.25) is 0 Å². The van der Waals surface area contributed by atoms with Gasteiger partial charge in [-0.05, 0) is 51.0 Å². The van der Waals surface area contributed by atoms with Crippen LogP contribution >= 0.6 is 0 Å². The maximum atomic E-state index is 12.4. The number of hydrazine groups is 1. The van der Waals surface area contributed by atoms with Crippen molar-refractivity contribution in [2.45, 2.75) is 38.7 Å². The number of aryl methyl sites for hydroxylation is 2. The van der Waals surface area contributed by atoms with E-state index in [0.29, 0.717) is 28.3 Å². The number of anilines is 1. The molecule has 1 aromatic carbocycles. The molecule has 114 valence electrons. The van der Waals surface area contributed by atoms with Gasteiger partial charge in [-0.2, -0.15) is 0 Å². The van der Waals surface area contributed by atoms with Crippen LogP contribution in [-0.4, -0.2) is 27.7 Å². The molecule has 0 spiro atoms. The number of sulfonamides is 1. The van der Waals surface area contributed by atoms with Crippen LogP contribution in [0.1, 0.15) is 25.0 Å². The molecule has 0 saturated carbocycles. The van der Waals surface area contributed by atoms with Gasteiger partial charge in [0.1, 0.15) is 0 Å². The van der Waals surface area contributed by atoms with Crippen molar-refractivity contribution >= 4 is 15.7 Å². The molecule has 0 aliphatic carbocycles. The number of benzene rings is 1. The van der Waals surface area contributed by atoms with Gasteiger partial charge >= 0.3 is 0 Å². The minimum atomic E-state index is -3.56. The lowest BCUT2D eigenvalue weighted by Crippen LogP contribution is -2.33. The van der Waals surface area contributed by atoms with Crippen molar-refractivity contribution in [2.24, 2.45) is 5.84 Å². The molecule has 0 saturated heterocycles. The van der Waals surface area contributed by atoms with E-state index in [1.807, 2.05) is 13.8 Å². The Morgan fingerprint density at radius 2 is 1.85 bits per heavy atom. The van der Waals surface area contributed by atoms with E-state index in [1.165, 1.54) is 0 Å². The summed E-state index contributed by atoms with van der Waals surface area (Å²) in [5.41, 5.74) is 4.50. The highest BCUT2D eigenvalue weighted by atomic mass is 32.2. The Morgan fingerprint density at radius 1 is 1.30 bits per heavy atom. The smallest absolute Gasteiger partial charge is 0.241 e. The zero-order valence-corrected chi connectivity index (χ0v) is 13.2. The third-order valence-electron chi connectivity index (χ3n) is 2.91. The van der Waals surface area contributed by atoms with Gasteiger partial charge in [0.05, 0.1) is 11.0 Å². The third kappa shape index (κ3) is 4.17. The number of hydrogen-bond acceptors (Lipinski definition) is 5. The van der Waals surface area contributed by atoms with Gasteiger partial charge in [0.2, 0.25) is 10.0 Å². The van der Waals surface area contributed by atoms with Crippen LogP contribution in [0, 0.1) is 13.8 Å². The van der Waals surface area contributed by atoms with Gasteiger partial charge in [-0.15, -0.1) is 0 Å². The molecule has 1 unspecified atom stereocenters. The van der Waals surface area contributed by atoms with Crippen LogP contribution in [0.3, 0.4) is 0 Å². The largest absolute Gasteiger partial charge is 0.377 e. The van der Waals surface area contributed by atoms with Crippen LogP contribution in [-0.2, 0) is 14.8 Å². The highest BCUT2D eigenvalue weighted by Crippen LogP contribution is 2.23. The predicted molar refractivity (Wildman–Crippen MR) is 80.0 cm³/mol. The second-order valence-corrected chi connectivity index (χ2v) is 6.41. The molecule has 1 rings (SSSR count). The number of nitrogen functional groups attached to an aromatic ring is 1. The second kappa shape index (κ2) is 7.03. The minimum Gasteiger partial charge on any atom is -0.377 e. The minimum absolute atomic E-state index is 0.166. The molecule has 0 radical (unpaired) electrons. The summed E-state index contributed by atoms with van der Waals surface area (Å²) in [6.45, 7) is 7.98. The van der Waals surface area contributed by atoms with E-state index in [0.717, 1.165) is 0 Å². The van der Waals surface area contributed by atoms with E-state index in [4.69, 9.17) is 10.6 Å². The normalized spacial score (nSPS) is 13.2. The topological polar surface area (TPSA) is 93.4 Å². The van der Waals surface area contributed by atoms with Gasteiger partial charge in [-0.25, -0.2) is 13.1 Å². The Kier molecular flexibility index (Phi) is 5.94. The summed E-state index contributed by atoms with van der Waals surface area (Å²) in [6.07, 6.45) is -0.166. The van der Waals surface area contributed by atoms with Crippen molar-refractivity contribution < 1.29 is 13.2 Å². The van der Waals surface area contributed by atoms with Gasteiger partial charge in [0.25, 0.3) is 0 Å². The molecule has 0 aliphatic rings. The van der Waals surface area contributed by atoms with E-state index >= 15 is 0 Å². The molecule has 0 aromatic heterocycles. The molecule has 1 atom stereocenters. The fourth-order valence-electron chi connectivity index (χ4n) is 2.10. The maximum absolute atomic E-state index is 12.4. The Labute approximate surface area is 120 Å². The summed E-state index contributed by atoms with van der Waals surface area (Å²) in [5.74, 6) is 5.35. The SMILES string of the molecule is CCOC(C)CNS(=O)(=O)c1c(C)cc(NN)cc1C. The second-order valence-electron chi connectivity index (χ2n) is 4.70. The molecule has 0 fully saturated rings. The fraction of sp³-hybridized carbons (Fsp3) is 0.538. The molecular formula is C13H23N3O3S. The van der Waals surface area contributed by atoms with Crippen molar-refractivity contribution in [3.8, 4) is 0 Å². The first-order valence-corrected chi connectivity index (χ1v) is 7.99. The quantitative estimate of drug-likeness (QED) is 0.521. The number of nitrogens with one attached hydrogen (secondary N) is 2. The van der Waals surface area contributed by atoms with Crippen LogP contribution in [0.5, 0.6) is 0 Å². The molecule has 0 bridgehead atoms. The zero-order chi connectivity index (χ0) is 15.3. The Hall–Kier alpha value is -1.15. The van der Waals surface area contributed by atoms with Crippen LogP contribution in [0.25, 0.3) is 0 Å². The molecule has 0 aliphatic heterocycles. The van der Waals surface area contributed by atoms with Gasteiger partial charge in [-0.1, -0.05) is 0 Å². The van der Waals surface area contributed by atoms with Crippen LogP contribution in [0.4, 0.5) is 5.69 Å². The average Bonchev–Trinajstić information content (AvgIpc) is 2.35. The fourth-order valence-corrected chi connectivity index (χ4v) is 3.66. The van der Waals surface area contributed by atoms with E-state index in [2.05, 4.69) is 10.1 Å². The Balaban J connectivity index is 2.98. The number of hydrogen-bond donors (Lipinski definition) is 3. The zero-order valence-electron chi connectivity index (χ0n) is 12.4. The van der Waals surface area contributed by atoms with Crippen molar-refractivity contribution in [1.82, 2.24) is 4.72 Å². The Morgan fingerprint density at radius 3 is 2.30 bits per heavy atom. The van der Waals surface area contributed by atoms with Crippen molar-refractivity contribution in [3.63, 3.8) is 0 Å². The predicted octanol–water partition coefficient (Wildman–Crippen LogP) is 1.29. The molecule has 0 heterocycles. The van der Waals surface area contributed by atoms with Crippen LogP contribution in [0.15, 0.2) is 17.0 Å². The van der Waals surface area contributed by atoms with Crippen molar-refractivity contribution in [1.29, 1.82) is 0 Å². The molecule has 0 amide bonds. The third-order valence-corrected chi connectivity index (χ3v) is 4.64. The summed E-state index contributed by atoms with van der Waals surface area (Å²) in [5, 5.41) is 0. The van der Waals surface area contributed by atoms with E-state index in [-0.39, 0.29) is 12.6 Å². The highest BCUT2D eigenvalue weighted by Gasteiger charge is 2.20. The first-order chi connectivity index (χ1) is 9.31. The summed E-state index contributed by atoms with van der Waals surface area (Å²) >= 11 is 0. The maximum Gasteiger partial charge on any atom is 0.241 e. The van der Waals surface area contributed by atoms with E-state index < -0.39 is 10.0 Å². The lowest BCUT2D eigenvalue weighted by molar-refractivity contribution is 0.0799. The van der Waals surface area contributed by atoms with Gasteiger partial charge in [0.15, 0.2) is 0 Å². The molecule has 6 nitrogen and oxygen atoms in total. The summed E-state index contributed by atoms with van der Waals surface area (Å²) < 4.78 is 32.6. The first kappa shape index (κ1) is 16.9. The lowest BCUT2D eigenvalue weighted by atomic mass is 10.1. The summed E-state index contributed by atoms with van der Waals surface area (Å²) in [6, 6.07) is 3.40. The van der Waals surface area contributed by atoms with Gasteiger partial charge < -0.3 is 10.2 Å². The molecular weight excluding hydrogens is 278 g/mol. The van der Waals surface area contributed by atoms with Crippen molar-refractivity contribution in [3.05, 3.63) is 23.3 Å². The Bertz CT molecular complexity index is 535. The lowest BCUT2D eigenvalue weighted by Gasteiger charge is -2.16. The molecule has 20 heavy (non-hydrogen) atoms. The average molecular weight is 301 g/mol. The molecule has 7 heteroatoms. The molecule has 1 aromatic rings. The highest BCUT2D eigenvalue weighted by molar-refractivity contribution is 7.89. The van der Waals surface area contributed by atoms with Crippen LogP contribution < -0.4 is 16.0 Å².